The van der Waals surface area contributed by atoms with Gasteiger partial charge in [0, 0.05) is 44.9 Å². The molecule has 0 radical (unpaired) electrons. The van der Waals surface area contributed by atoms with Crippen molar-refractivity contribution in [3.05, 3.63) is 23.7 Å². The molecule has 0 N–H and O–H groups in total. The Bertz CT molecular complexity index is 288. The molecule has 0 amide bonds. The molecule has 0 aromatic heterocycles. The average Bonchev–Trinajstić information content (AvgIpc) is 2.50. The smallest absolute Gasteiger partial charge is 0.0313 e. The van der Waals surface area contributed by atoms with Crippen molar-refractivity contribution in [3.8, 4) is 0 Å². The lowest BCUT2D eigenvalue weighted by molar-refractivity contribution is 0.164. The lowest BCUT2D eigenvalue weighted by Crippen LogP contribution is -2.44. The van der Waals surface area contributed by atoms with Crippen LogP contribution in [0.2, 0.25) is 0 Å². The van der Waals surface area contributed by atoms with Gasteiger partial charge in [0.2, 0.25) is 0 Å². The summed E-state index contributed by atoms with van der Waals surface area (Å²) in [6, 6.07) is 0. The number of rotatable bonds is 2. The van der Waals surface area contributed by atoms with Crippen LogP contribution in [0.3, 0.4) is 0 Å². The van der Waals surface area contributed by atoms with Crippen molar-refractivity contribution in [3.63, 3.8) is 0 Å². The molecule has 1 atom stereocenters. The summed E-state index contributed by atoms with van der Waals surface area (Å²) in [5, 5.41) is 0. The normalized spacial score (nSPS) is 25.5. The van der Waals surface area contributed by atoms with E-state index >= 15 is 0 Å². The van der Waals surface area contributed by atoms with E-state index in [0.29, 0.717) is 0 Å². The zero-order chi connectivity index (χ0) is 10.5. The summed E-state index contributed by atoms with van der Waals surface area (Å²) in [7, 11) is 2.93. The third-order valence-corrected chi connectivity index (χ3v) is 3.44. The maximum Gasteiger partial charge on any atom is 0.0313 e. The standard InChI is InChI=1S/C11H18N3P/c1-13-3-5-14(6-4-13)9-11-2-7-15-10-12-8-11/h2,7-8,10,15H,3-6,9H2,1H3. The van der Waals surface area contributed by atoms with E-state index in [1.54, 1.807) is 0 Å². The van der Waals surface area contributed by atoms with Crippen LogP contribution in [-0.4, -0.2) is 55.5 Å². The van der Waals surface area contributed by atoms with Crippen LogP contribution in [0.25, 0.3) is 0 Å². The topological polar surface area (TPSA) is 18.8 Å². The Labute approximate surface area is 93.3 Å². The van der Waals surface area contributed by atoms with Crippen LogP contribution < -0.4 is 0 Å². The van der Waals surface area contributed by atoms with Crippen molar-refractivity contribution in [2.24, 2.45) is 4.99 Å². The van der Waals surface area contributed by atoms with Gasteiger partial charge >= 0.3 is 0 Å². The highest BCUT2D eigenvalue weighted by Crippen LogP contribution is 2.15. The van der Waals surface area contributed by atoms with Gasteiger partial charge in [-0.25, -0.2) is 0 Å². The summed E-state index contributed by atoms with van der Waals surface area (Å²) in [5.74, 6) is 4.19. The molecule has 0 aliphatic carbocycles. The van der Waals surface area contributed by atoms with Crippen LogP contribution in [-0.2, 0) is 0 Å². The molecule has 2 aliphatic rings. The fourth-order valence-corrected chi connectivity index (χ4v) is 2.33. The molecule has 2 aliphatic heterocycles. The molecule has 3 nitrogen and oxygen atoms in total. The third-order valence-electron chi connectivity index (χ3n) is 2.79. The summed E-state index contributed by atoms with van der Waals surface area (Å²) in [5.41, 5.74) is 1.33. The van der Waals surface area contributed by atoms with Gasteiger partial charge in [-0.05, 0) is 12.6 Å². The summed E-state index contributed by atoms with van der Waals surface area (Å²) >= 11 is 0. The molecule has 4 heteroatoms. The van der Waals surface area contributed by atoms with Crippen molar-refractivity contribution in [2.75, 3.05) is 39.8 Å². The van der Waals surface area contributed by atoms with Crippen molar-refractivity contribution < 1.29 is 0 Å². The average molecular weight is 223 g/mol. The van der Waals surface area contributed by atoms with Gasteiger partial charge in [0.15, 0.2) is 0 Å². The van der Waals surface area contributed by atoms with Gasteiger partial charge in [0.1, 0.15) is 0 Å². The molecular formula is C11H18N3P. The molecule has 1 saturated heterocycles. The number of aliphatic imine (C=N–C) groups is 1. The molecule has 2 heterocycles. The fourth-order valence-electron chi connectivity index (χ4n) is 1.77. The fraction of sp³-hybridized carbons (Fsp3) is 0.545. The number of hydrogen-bond acceptors (Lipinski definition) is 3. The van der Waals surface area contributed by atoms with Crippen LogP contribution in [0.15, 0.2) is 28.7 Å². The van der Waals surface area contributed by atoms with Crippen molar-refractivity contribution in [1.82, 2.24) is 9.80 Å². The van der Waals surface area contributed by atoms with Crippen LogP contribution in [0, 0.1) is 0 Å². The molecule has 0 aromatic rings. The van der Waals surface area contributed by atoms with Crippen LogP contribution in [0.4, 0.5) is 0 Å². The number of nitrogens with zero attached hydrogens (tertiary/aromatic N) is 3. The van der Waals surface area contributed by atoms with Gasteiger partial charge in [-0.2, -0.15) is 0 Å². The Morgan fingerprint density at radius 1 is 1.33 bits per heavy atom. The second-order valence-corrected chi connectivity index (χ2v) is 4.99. The monoisotopic (exact) mass is 223 g/mol. The highest BCUT2D eigenvalue weighted by molar-refractivity contribution is 7.58. The molecule has 0 saturated carbocycles. The van der Waals surface area contributed by atoms with Gasteiger partial charge < -0.3 is 4.90 Å². The lowest BCUT2D eigenvalue weighted by atomic mass is 10.2. The Hall–Kier alpha value is -0.500. The van der Waals surface area contributed by atoms with E-state index in [-0.39, 0.29) is 0 Å². The summed E-state index contributed by atoms with van der Waals surface area (Å²) < 4.78 is 0. The minimum atomic E-state index is 0.738. The first-order chi connectivity index (χ1) is 7.34. The predicted octanol–water partition coefficient (Wildman–Crippen LogP) is 1.35. The minimum absolute atomic E-state index is 0.738. The Morgan fingerprint density at radius 2 is 2.13 bits per heavy atom. The quantitative estimate of drug-likeness (QED) is 0.658. The molecule has 15 heavy (non-hydrogen) atoms. The first kappa shape index (κ1) is 11.0. The Kier molecular flexibility index (Phi) is 4.07. The van der Waals surface area contributed by atoms with E-state index in [4.69, 9.17) is 0 Å². The van der Waals surface area contributed by atoms with Crippen molar-refractivity contribution >= 4 is 14.5 Å². The summed E-state index contributed by atoms with van der Waals surface area (Å²) in [6.45, 7) is 5.76. The van der Waals surface area contributed by atoms with Crippen LogP contribution in [0.5, 0.6) is 0 Å². The Balaban J connectivity index is 1.86. The molecule has 2 rings (SSSR count). The van der Waals surface area contributed by atoms with E-state index in [9.17, 15) is 0 Å². The molecule has 1 unspecified atom stereocenters. The maximum atomic E-state index is 4.26. The number of hydrogen-bond donors (Lipinski definition) is 0. The first-order valence-electron chi connectivity index (χ1n) is 5.39. The van der Waals surface area contributed by atoms with Crippen LogP contribution >= 0.6 is 8.58 Å². The maximum absolute atomic E-state index is 4.26. The Morgan fingerprint density at radius 3 is 2.93 bits per heavy atom. The second-order valence-electron chi connectivity index (χ2n) is 4.06. The van der Waals surface area contributed by atoms with Crippen molar-refractivity contribution in [1.29, 1.82) is 0 Å². The van der Waals surface area contributed by atoms with Gasteiger partial charge in [0.05, 0.1) is 0 Å². The molecule has 1 fully saturated rings. The zero-order valence-electron chi connectivity index (χ0n) is 9.19. The molecule has 0 aromatic carbocycles. The van der Waals surface area contributed by atoms with E-state index in [1.165, 1.54) is 31.8 Å². The zero-order valence-corrected chi connectivity index (χ0v) is 10.2. The third kappa shape index (κ3) is 3.53. The summed E-state index contributed by atoms with van der Waals surface area (Å²) in [4.78, 5) is 9.14. The van der Waals surface area contributed by atoms with Crippen molar-refractivity contribution in [2.45, 2.75) is 0 Å². The molecule has 82 valence electrons. The van der Waals surface area contributed by atoms with Gasteiger partial charge in [-0.1, -0.05) is 20.5 Å². The second kappa shape index (κ2) is 5.55. The predicted molar refractivity (Wildman–Crippen MR) is 68.0 cm³/mol. The minimum Gasteiger partial charge on any atom is -0.304 e. The molecular weight excluding hydrogens is 205 g/mol. The first-order valence-corrected chi connectivity index (χ1v) is 6.54. The van der Waals surface area contributed by atoms with E-state index < -0.39 is 0 Å². The molecule has 0 bridgehead atoms. The highest BCUT2D eigenvalue weighted by atomic mass is 31.1. The van der Waals surface area contributed by atoms with E-state index in [1.807, 2.05) is 12.2 Å². The van der Waals surface area contributed by atoms with Gasteiger partial charge in [0.25, 0.3) is 0 Å². The van der Waals surface area contributed by atoms with Gasteiger partial charge in [-0.15, -0.1) is 0 Å². The largest absolute Gasteiger partial charge is 0.304 e. The number of piperazine rings is 1. The van der Waals surface area contributed by atoms with E-state index in [0.717, 1.165) is 15.1 Å². The van der Waals surface area contributed by atoms with Gasteiger partial charge in [-0.3, -0.25) is 9.89 Å². The number of likely N-dealkylation sites (N-methyl/N-ethyl adjacent to an activating group) is 1. The summed E-state index contributed by atoms with van der Waals surface area (Å²) in [6.07, 6.45) is 4.21. The van der Waals surface area contributed by atoms with Crippen LogP contribution in [0.1, 0.15) is 0 Å². The highest BCUT2D eigenvalue weighted by Gasteiger charge is 2.13. The SMILES string of the molecule is CN1CCN(CC2=CN=CPC=C2)CC1. The molecule has 0 spiro atoms. The lowest BCUT2D eigenvalue weighted by Gasteiger charge is -2.32. The van der Waals surface area contributed by atoms with E-state index in [2.05, 4.69) is 33.7 Å².